The number of H-pyrrole nitrogens is 1. The molecule has 0 saturated carbocycles. The number of rotatable bonds is 5. The average molecular weight is 254 g/mol. The zero-order chi connectivity index (χ0) is 12.1. The first kappa shape index (κ1) is 11.7. The van der Waals surface area contributed by atoms with Crippen LogP contribution in [0, 0.1) is 0 Å². The van der Waals surface area contributed by atoms with E-state index in [1.54, 1.807) is 24.5 Å². The van der Waals surface area contributed by atoms with Crippen molar-refractivity contribution in [3.63, 3.8) is 0 Å². The zero-order valence-corrected chi connectivity index (χ0v) is 9.83. The normalized spacial score (nSPS) is 10.4. The molecule has 0 atom stereocenters. The summed E-state index contributed by atoms with van der Waals surface area (Å²) >= 11 is 5.57. The lowest BCUT2D eigenvalue weighted by molar-refractivity contribution is 0.0925. The molecule has 17 heavy (non-hydrogen) atoms. The van der Waals surface area contributed by atoms with Gasteiger partial charge in [0.05, 0.1) is 0 Å². The Labute approximate surface area is 103 Å². The predicted octanol–water partition coefficient (Wildman–Crippen LogP) is 2.02. The van der Waals surface area contributed by atoms with Gasteiger partial charge in [-0.1, -0.05) is 0 Å². The maximum atomic E-state index is 11.5. The van der Waals surface area contributed by atoms with Crippen molar-refractivity contribution in [1.29, 1.82) is 0 Å². The summed E-state index contributed by atoms with van der Waals surface area (Å²) in [6.45, 7) is 0.567. The maximum absolute atomic E-state index is 11.5. The number of carbonyl (C=O) groups excluding carboxylic acids is 1. The number of aryl methyl sites for hydroxylation is 1. The van der Waals surface area contributed by atoms with E-state index in [4.69, 9.17) is 16.0 Å². The number of carbonyl (C=O) groups is 1. The zero-order valence-electron chi connectivity index (χ0n) is 9.07. The minimum Gasteiger partial charge on any atom is -0.440 e. The summed E-state index contributed by atoms with van der Waals surface area (Å²) < 4.78 is 4.98. The quantitative estimate of drug-likeness (QED) is 0.801. The van der Waals surface area contributed by atoms with E-state index in [0.29, 0.717) is 6.54 Å². The predicted molar refractivity (Wildman–Crippen MR) is 63.0 cm³/mol. The largest absolute Gasteiger partial charge is 0.440 e. The van der Waals surface area contributed by atoms with Crippen LogP contribution in [0.1, 0.15) is 22.8 Å². The van der Waals surface area contributed by atoms with Gasteiger partial charge >= 0.3 is 0 Å². The smallest absolute Gasteiger partial charge is 0.287 e. The fraction of sp³-hybridized carbons (Fsp3) is 0.273. The van der Waals surface area contributed by atoms with Crippen molar-refractivity contribution < 1.29 is 9.21 Å². The van der Waals surface area contributed by atoms with E-state index in [1.165, 1.54) is 0 Å². The van der Waals surface area contributed by atoms with Crippen LogP contribution in [0.15, 0.2) is 28.9 Å². The Morgan fingerprint density at radius 3 is 3.06 bits per heavy atom. The molecule has 2 heterocycles. The van der Waals surface area contributed by atoms with Crippen molar-refractivity contribution >= 4 is 17.5 Å². The number of aromatic amines is 1. The molecular formula is C11H12ClN3O2. The van der Waals surface area contributed by atoms with Crippen LogP contribution in [-0.4, -0.2) is 22.4 Å². The van der Waals surface area contributed by atoms with Gasteiger partial charge in [0.2, 0.25) is 0 Å². The molecule has 2 N–H and O–H groups in total. The second kappa shape index (κ2) is 5.54. The fourth-order valence-electron chi connectivity index (χ4n) is 1.42. The lowest BCUT2D eigenvalue weighted by Gasteiger charge is -2.01. The maximum Gasteiger partial charge on any atom is 0.287 e. The third-order valence-electron chi connectivity index (χ3n) is 2.23. The van der Waals surface area contributed by atoms with E-state index in [-0.39, 0.29) is 16.9 Å². The molecule has 0 spiro atoms. The summed E-state index contributed by atoms with van der Waals surface area (Å²) in [4.78, 5) is 18.6. The SMILES string of the molecule is O=C(NCCCc1ncc[nH]1)c1ccc(Cl)o1. The minimum absolute atomic E-state index is 0.214. The van der Waals surface area contributed by atoms with Crippen LogP contribution in [0.2, 0.25) is 5.22 Å². The average Bonchev–Trinajstić information content (AvgIpc) is 2.95. The van der Waals surface area contributed by atoms with Gasteiger partial charge in [-0.3, -0.25) is 4.79 Å². The van der Waals surface area contributed by atoms with Crippen LogP contribution < -0.4 is 5.32 Å². The van der Waals surface area contributed by atoms with Crippen molar-refractivity contribution in [1.82, 2.24) is 15.3 Å². The highest BCUT2D eigenvalue weighted by Gasteiger charge is 2.09. The summed E-state index contributed by atoms with van der Waals surface area (Å²) in [5.41, 5.74) is 0. The molecule has 0 aliphatic carbocycles. The van der Waals surface area contributed by atoms with Crippen LogP contribution in [0.4, 0.5) is 0 Å². The molecule has 0 bridgehead atoms. The Morgan fingerprint density at radius 2 is 2.41 bits per heavy atom. The van der Waals surface area contributed by atoms with Gasteiger partial charge in [-0.2, -0.15) is 0 Å². The number of furan rings is 1. The number of halogens is 1. The van der Waals surface area contributed by atoms with Crippen molar-refractivity contribution in [2.75, 3.05) is 6.54 Å². The fourth-order valence-corrected chi connectivity index (χ4v) is 1.56. The molecule has 0 aromatic carbocycles. The van der Waals surface area contributed by atoms with Gasteiger partial charge in [0, 0.05) is 25.4 Å². The lowest BCUT2D eigenvalue weighted by atomic mass is 10.3. The van der Waals surface area contributed by atoms with Gasteiger partial charge in [0.15, 0.2) is 11.0 Å². The molecule has 6 heteroatoms. The molecule has 2 rings (SSSR count). The Kier molecular flexibility index (Phi) is 3.82. The van der Waals surface area contributed by atoms with E-state index >= 15 is 0 Å². The summed E-state index contributed by atoms with van der Waals surface area (Å²) in [7, 11) is 0. The summed E-state index contributed by atoms with van der Waals surface area (Å²) in [5, 5.41) is 2.96. The molecule has 5 nitrogen and oxygen atoms in total. The number of amides is 1. The number of imidazole rings is 1. The second-order valence-electron chi connectivity index (χ2n) is 3.50. The first-order valence-electron chi connectivity index (χ1n) is 5.27. The van der Waals surface area contributed by atoms with Gasteiger partial charge in [-0.25, -0.2) is 4.98 Å². The van der Waals surface area contributed by atoms with Crippen molar-refractivity contribution in [3.8, 4) is 0 Å². The van der Waals surface area contributed by atoms with E-state index < -0.39 is 0 Å². The van der Waals surface area contributed by atoms with Crippen molar-refractivity contribution in [2.45, 2.75) is 12.8 Å². The molecule has 2 aromatic heterocycles. The topological polar surface area (TPSA) is 70.9 Å². The van der Waals surface area contributed by atoms with E-state index in [2.05, 4.69) is 15.3 Å². The van der Waals surface area contributed by atoms with E-state index in [1.807, 2.05) is 0 Å². The highest BCUT2D eigenvalue weighted by molar-refractivity contribution is 6.29. The van der Waals surface area contributed by atoms with Gasteiger partial charge in [0.1, 0.15) is 5.82 Å². The Balaban J connectivity index is 1.70. The number of aromatic nitrogens is 2. The lowest BCUT2D eigenvalue weighted by Crippen LogP contribution is -2.24. The molecule has 90 valence electrons. The Hall–Kier alpha value is -1.75. The second-order valence-corrected chi connectivity index (χ2v) is 3.87. The number of nitrogens with zero attached hydrogens (tertiary/aromatic N) is 1. The number of nitrogens with one attached hydrogen (secondary N) is 2. The molecule has 0 radical (unpaired) electrons. The first-order chi connectivity index (χ1) is 8.25. The number of hydrogen-bond acceptors (Lipinski definition) is 3. The highest BCUT2D eigenvalue weighted by Crippen LogP contribution is 2.12. The van der Waals surface area contributed by atoms with Crippen molar-refractivity contribution in [2.24, 2.45) is 0 Å². The van der Waals surface area contributed by atoms with Crippen LogP contribution in [0.3, 0.4) is 0 Å². The molecule has 0 saturated heterocycles. The van der Waals surface area contributed by atoms with E-state index in [0.717, 1.165) is 18.7 Å². The van der Waals surface area contributed by atoms with Gasteiger partial charge in [-0.05, 0) is 30.2 Å². The third-order valence-corrected chi connectivity index (χ3v) is 2.43. The molecular weight excluding hydrogens is 242 g/mol. The first-order valence-corrected chi connectivity index (χ1v) is 5.65. The standard InChI is InChI=1S/C11H12ClN3O2/c12-9-4-3-8(17-9)11(16)15-5-1-2-10-13-6-7-14-10/h3-4,6-7H,1-2,5H2,(H,13,14)(H,15,16). The van der Waals surface area contributed by atoms with E-state index in [9.17, 15) is 4.79 Å². The third kappa shape index (κ3) is 3.35. The van der Waals surface area contributed by atoms with Crippen molar-refractivity contribution in [3.05, 3.63) is 41.3 Å². The Morgan fingerprint density at radius 1 is 1.53 bits per heavy atom. The van der Waals surface area contributed by atoms with Crippen LogP contribution in [0.25, 0.3) is 0 Å². The Bertz CT molecular complexity index is 479. The molecule has 0 fully saturated rings. The van der Waals surface area contributed by atoms with Crippen LogP contribution in [-0.2, 0) is 6.42 Å². The highest BCUT2D eigenvalue weighted by atomic mass is 35.5. The van der Waals surface area contributed by atoms with Gasteiger partial charge in [0.25, 0.3) is 5.91 Å². The van der Waals surface area contributed by atoms with Crippen LogP contribution >= 0.6 is 11.6 Å². The van der Waals surface area contributed by atoms with Crippen LogP contribution in [0.5, 0.6) is 0 Å². The number of hydrogen-bond donors (Lipinski definition) is 2. The minimum atomic E-state index is -0.253. The molecule has 0 unspecified atom stereocenters. The summed E-state index contributed by atoms with van der Waals surface area (Å²) in [6, 6.07) is 3.09. The molecule has 1 amide bonds. The molecule has 0 aliphatic heterocycles. The summed E-state index contributed by atoms with van der Waals surface area (Å²) in [6.07, 6.45) is 5.09. The van der Waals surface area contributed by atoms with Gasteiger partial charge in [-0.15, -0.1) is 0 Å². The molecule has 2 aromatic rings. The monoisotopic (exact) mass is 253 g/mol. The van der Waals surface area contributed by atoms with Gasteiger partial charge < -0.3 is 14.7 Å². The summed E-state index contributed by atoms with van der Waals surface area (Å²) in [5.74, 6) is 0.893. The molecule has 0 aliphatic rings.